The quantitative estimate of drug-likeness (QED) is 0.577. The highest BCUT2D eigenvalue weighted by Crippen LogP contribution is 2.34. The molecule has 0 radical (unpaired) electrons. The smallest absolute Gasteiger partial charge is 0.140 e. The van der Waals surface area contributed by atoms with Crippen LogP contribution in [0.15, 0.2) is 0 Å². The van der Waals surface area contributed by atoms with Gasteiger partial charge >= 0.3 is 0 Å². The molecule has 4 unspecified atom stereocenters. The lowest BCUT2D eigenvalue weighted by Gasteiger charge is -2.19. The molecule has 0 amide bonds. The summed E-state index contributed by atoms with van der Waals surface area (Å²) in [7, 11) is 0. The third kappa shape index (κ3) is 2.16. The number of aliphatic hydroxyl groups is 2. The molecule has 0 aromatic carbocycles. The van der Waals surface area contributed by atoms with E-state index in [0.29, 0.717) is 26.4 Å². The fourth-order valence-electron chi connectivity index (χ4n) is 1.47. The molecule has 2 fully saturated rings. The summed E-state index contributed by atoms with van der Waals surface area (Å²) >= 11 is 0. The SMILES string of the molecule is CC(O)C1(COCC2(C(C)O)CO2)CO1. The molecule has 2 aliphatic heterocycles. The third-order valence-electron chi connectivity index (χ3n) is 3.25. The van der Waals surface area contributed by atoms with Crippen LogP contribution in [0.2, 0.25) is 0 Å². The number of aliphatic hydroxyl groups excluding tert-OH is 2. The first-order valence-electron chi connectivity index (χ1n) is 5.23. The Kier molecular flexibility index (Phi) is 2.77. The molecule has 5 heteroatoms. The average molecular weight is 218 g/mol. The van der Waals surface area contributed by atoms with E-state index in [1.165, 1.54) is 0 Å². The largest absolute Gasteiger partial charge is 0.390 e. The van der Waals surface area contributed by atoms with Gasteiger partial charge in [-0.05, 0) is 13.8 Å². The van der Waals surface area contributed by atoms with Crippen LogP contribution in [0, 0.1) is 0 Å². The average Bonchev–Trinajstić information content (AvgIpc) is 2.96. The lowest BCUT2D eigenvalue weighted by molar-refractivity contribution is -0.0274. The number of epoxide rings is 2. The topological polar surface area (TPSA) is 74.8 Å². The molecule has 0 aromatic heterocycles. The van der Waals surface area contributed by atoms with Gasteiger partial charge in [0, 0.05) is 0 Å². The van der Waals surface area contributed by atoms with E-state index in [0.717, 1.165) is 0 Å². The number of ether oxygens (including phenoxy) is 3. The fraction of sp³-hybridized carbons (Fsp3) is 1.00. The van der Waals surface area contributed by atoms with Crippen molar-refractivity contribution in [1.82, 2.24) is 0 Å². The summed E-state index contributed by atoms with van der Waals surface area (Å²) in [5, 5.41) is 18.8. The molecule has 0 aliphatic carbocycles. The molecule has 4 atom stereocenters. The van der Waals surface area contributed by atoms with Crippen LogP contribution in [0.4, 0.5) is 0 Å². The molecule has 2 N–H and O–H groups in total. The highest BCUT2D eigenvalue weighted by molar-refractivity contribution is 5.00. The van der Waals surface area contributed by atoms with Crippen LogP contribution in [0.1, 0.15) is 13.8 Å². The molecule has 2 heterocycles. The highest BCUT2D eigenvalue weighted by Gasteiger charge is 2.53. The standard InChI is InChI=1S/C10H18O5/c1-7(11)9(5-14-9)3-13-4-10(6-15-10)8(2)12/h7-8,11-12H,3-6H2,1-2H3. The van der Waals surface area contributed by atoms with Crippen LogP contribution in [0.3, 0.4) is 0 Å². The van der Waals surface area contributed by atoms with Gasteiger partial charge in [-0.2, -0.15) is 0 Å². The van der Waals surface area contributed by atoms with Gasteiger partial charge in [-0.3, -0.25) is 0 Å². The second-order valence-corrected chi connectivity index (χ2v) is 4.55. The highest BCUT2D eigenvalue weighted by atomic mass is 16.7. The summed E-state index contributed by atoms with van der Waals surface area (Å²) in [6.45, 7) is 5.15. The minimum Gasteiger partial charge on any atom is -0.390 e. The summed E-state index contributed by atoms with van der Waals surface area (Å²) in [6, 6.07) is 0. The Morgan fingerprint density at radius 1 is 1.07 bits per heavy atom. The summed E-state index contributed by atoms with van der Waals surface area (Å²) in [6.07, 6.45) is -1.06. The molecule has 2 saturated heterocycles. The van der Waals surface area contributed by atoms with E-state index in [-0.39, 0.29) is 0 Å². The summed E-state index contributed by atoms with van der Waals surface area (Å²) < 4.78 is 15.8. The second-order valence-electron chi connectivity index (χ2n) is 4.55. The first-order valence-corrected chi connectivity index (χ1v) is 5.23. The molecule has 15 heavy (non-hydrogen) atoms. The van der Waals surface area contributed by atoms with Crippen molar-refractivity contribution in [2.24, 2.45) is 0 Å². The molecular formula is C10H18O5. The van der Waals surface area contributed by atoms with E-state index in [9.17, 15) is 10.2 Å². The Hall–Kier alpha value is -0.200. The van der Waals surface area contributed by atoms with E-state index >= 15 is 0 Å². The Balaban J connectivity index is 1.72. The molecule has 5 nitrogen and oxygen atoms in total. The van der Waals surface area contributed by atoms with Crippen molar-refractivity contribution in [3.05, 3.63) is 0 Å². The zero-order chi connectivity index (χ0) is 11.1. The summed E-state index contributed by atoms with van der Waals surface area (Å²) in [5.74, 6) is 0. The van der Waals surface area contributed by atoms with E-state index in [2.05, 4.69) is 0 Å². The van der Waals surface area contributed by atoms with Gasteiger partial charge in [0.2, 0.25) is 0 Å². The maximum absolute atomic E-state index is 9.41. The minimum absolute atomic E-state index is 0.350. The van der Waals surface area contributed by atoms with Crippen LogP contribution in [-0.4, -0.2) is 60.1 Å². The number of rotatable bonds is 6. The first kappa shape index (κ1) is 11.3. The Morgan fingerprint density at radius 3 is 1.60 bits per heavy atom. The van der Waals surface area contributed by atoms with Crippen molar-refractivity contribution in [2.45, 2.75) is 37.3 Å². The van der Waals surface area contributed by atoms with Gasteiger partial charge in [-0.1, -0.05) is 0 Å². The predicted octanol–water partition coefficient (Wildman–Crippen LogP) is -0.697. The van der Waals surface area contributed by atoms with E-state index < -0.39 is 23.4 Å². The van der Waals surface area contributed by atoms with Crippen molar-refractivity contribution in [1.29, 1.82) is 0 Å². The Morgan fingerprint density at radius 2 is 1.40 bits per heavy atom. The number of hydrogen-bond acceptors (Lipinski definition) is 5. The summed E-state index contributed by atoms with van der Waals surface area (Å²) in [4.78, 5) is 0. The second kappa shape index (κ2) is 3.68. The van der Waals surface area contributed by atoms with E-state index in [1.54, 1.807) is 13.8 Å². The lowest BCUT2D eigenvalue weighted by Crippen LogP contribution is -2.37. The van der Waals surface area contributed by atoms with Crippen LogP contribution in [-0.2, 0) is 14.2 Å². The van der Waals surface area contributed by atoms with Crippen molar-refractivity contribution < 1.29 is 24.4 Å². The van der Waals surface area contributed by atoms with Crippen molar-refractivity contribution in [2.75, 3.05) is 26.4 Å². The molecule has 0 saturated carbocycles. The summed E-state index contributed by atoms with van der Waals surface area (Å²) in [5.41, 5.74) is -1.04. The molecular weight excluding hydrogens is 200 g/mol. The number of hydrogen-bond donors (Lipinski definition) is 2. The van der Waals surface area contributed by atoms with E-state index in [4.69, 9.17) is 14.2 Å². The van der Waals surface area contributed by atoms with Gasteiger partial charge < -0.3 is 24.4 Å². The zero-order valence-electron chi connectivity index (χ0n) is 9.10. The Bertz CT molecular complexity index is 206. The maximum Gasteiger partial charge on any atom is 0.140 e. The van der Waals surface area contributed by atoms with Gasteiger partial charge in [0.05, 0.1) is 38.6 Å². The molecule has 88 valence electrons. The van der Waals surface area contributed by atoms with Crippen LogP contribution in [0.5, 0.6) is 0 Å². The van der Waals surface area contributed by atoms with Crippen molar-refractivity contribution in [3.8, 4) is 0 Å². The van der Waals surface area contributed by atoms with Gasteiger partial charge in [0.1, 0.15) is 11.2 Å². The van der Waals surface area contributed by atoms with Gasteiger partial charge in [-0.25, -0.2) is 0 Å². The molecule has 0 spiro atoms. The Labute approximate surface area is 88.9 Å². The lowest BCUT2D eigenvalue weighted by atomic mass is 10.1. The van der Waals surface area contributed by atoms with Gasteiger partial charge in [0.15, 0.2) is 0 Å². The molecule has 2 rings (SSSR count). The minimum atomic E-state index is -0.528. The monoisotopic (exact) mass is 218 g/mol. The van der Waals surface area contributed by atoms with Crippen molar-refractivity contribution in [3.63, 3.8) is 0 Å². The van der Waals surface area contributed by atoms with Gasteiger partial charge in [0.25, 0.3) is 0 Å². The zero-order valence-corrected chi connectivity index (χ0v) is 9.10. The molecule has 0 aromatic rings. The third-order valence-corrected chi connectivity index (χ3v) is 3.25. The molecule has 0 bridgehead atoms. The van der Waals surface area contributed by atoms with Crippen LogP contribution in [0.25, 0.3) is 0 Å². The van der Waals surface area contributed by atoms with Gasteiger partial charge in [-0.15, -0.1) is 0 Å². The van der Waals surface area contributed by atoms with E-state index in [1.807, 2.05) is 0 Å². The van der Waals surface area contributed by atoms with Crippen LogP contribution >= 0.6 is 0 Å². The first-order chi connectivity index (χ1) is 7.01. The maximum atomic E-state index is 9.41. The van der Waals surface area contributed by atoms with Crippen LogP contribution < -0.4 is 0 Å². The molecule has 2 aliphatic rings. The fourth-order valence-corrected chi connectivity index (χ4v) is 1.47. The normalized spacial score (nSPS) is 42.4. The predicted molar refractivity (Wildman–Crippen MR) is 51.5 cm³/mol. The van der Waals surface area contributed by atoms with Crippen molar-refractivity contribution >= 4 is 0 Å².